The predicted molar refractivity (Wildman–Crippen MR) is 104 cm³/mol. The summed E-state index contributed by atoms with van der Waals surface area (Å²) in [5.74, 6) is 0.350. The van der Waals surface area contributed by atoms with Crippen molar-refractivity contribution in [1.29, 1.82) is 0 Å². The number of hydrogen-bond acceptors (Lipinski definition) is 8. The van der Waals surface area contributed by atoms with Crippen LogP contribution in [-0.2, 0) is 4.79 Å². The molecule has 3 aromatic heterocycles. The topological polar surface area (TPSA) is 114 Å². The van der Waals surface area contributed by atoms with Crippen LogP contribution in [0.2, 0.25) is 0 Å². The molecule has 1 N–H and O–H groups in total. The Morgan fingerprint density at radius 3 is 3.00 bits per heavy atom. The van der Waals surface area contributed by atoms with E-state index >= 15 is 0 Å². The first-order valence-corrected chi connectivity index (χ1v) is 10.2. The lowest BCUT2D eigenvalue weighted by atomic mass is 9.93. The molecule has 0 bridgehead atoms. The third-order valence-electron chi connectivity index (χ3n) is 4.95. The number of aryl methyl sites for hydroxylation is 1. The Hall–Kier alpha value is -3.01. The number of furan rings is 1. The molecular weight excluding hydrogens is 394 g/mol. The van der Waals surface area contributed by atoms with Crippen molar-refractivity contribution in [2.45, 2.75) is 38.6 Å². The van der Waals surface area contributed by atoms with Crippen LogP contribution in [0.25, 0.3) is 10.6 Å². The van der Waals surface area contributed by atoms with Crippen LogP contribution in [0.3, 0.4) is 0 Å². The molecule has 0 aromatic carbocycles. The van der Waals surface area contributed by atoms with E-state index in [1.807, 2.05) is 13.0 Å². The quantitative estimate of drug-likeness (QED) is 0.681. The van der Waals surface area contributed by atoms with E-state index in [-0.39, 0.29) is 17.6 Å². The average molecular weight is 415 g/mol. The fraction of sp³-hybridized carbons (Fsp3) is 0.421. The number of carbonyl (C=O) groups is 2. The molecule has 1 saturated heterocycles. The number of likely N-dealkylation sites (tertiary alicyclic amines) is 1. The van der Waals surface area contributed by atoms with E-state index in [9.17, 15) is 9.59 Å². The standard InChI is InChI=1S/C19H21N5O4S/c1-11-9-15(28-22-11)17-16(21-23-29-17)13-5-3-7-24(10-13)19(26)12(2)20-18(25)14-6-4-8-27-14/h4,6,8-9,12-13H,3,5,7,10H2,1-2H3,(H,20,25)/t12-,13-/m1/s1. The van der Waals surface area contributed by atoms with Gasteiger partial charge >= 0.3 is 0 Å². The summed E-state index contributed by atoms with van der Waals surface area (Å²) in [6, 6.07) is 4.39. The second kappa shape index (κ2) is 8.16. The zero-order chi connectivity index (χ0) is 20.4. The highest BCUT2D eigenvalue weighted by molar-refractivity contribution is 7.09. The minimum atomic E-state index is -0.656. The van der Waals surface area contributed by atoms with Gasteiger partial charge in [-0.2, -0.15) is 0 Å². The molecule has 0 aliphatic carbocycles. The SMILES string of the molecule is Cc1cc(-c2snnc2[C@@H]2CCCN(C(=O)[C@@H](C)NC(=O)c3ccco3)C2)on1. The van der Waals surface area contributed by atoms with Gasteiger partial charge in [0.15, 0.2) is 11.5 Å². The van der Waals surface area contributed by atoms with Crippen molar-refractivity contribution >= 4 is 23.3 Å². The molecule has 0 saturated carbocycles. The number of aromatic nitrogens is 3. The second-order valence-electron chi connectivity index (χ2n) is 7.12. The Balaban J connectivity index is 1.44. The Morgan fingerprint density at radius 2 is 2.28 bits per heavy atom. The summed E-state index contributed by atoms with van der Waals surface area (Å²) in [6.45, 7) is 4.70. The summed E-state index contributed by atoms with van der Waals surface area (Å²) in [5, 5.41) is 10.9. The van der Waals surface area contributed by atoms with Gasteiger partial charge in [-0.15, -0.1) is 5.10 Å². The molecular formula is C19H21N5O4S. The number of nitrogens with one attached hydrogen (secondary N) is 1. The zero-order valence-corrected chi connectivity index (χ0v) is 16.9. The molecule has 152 valence electrons. The van der Waals surface area contributed by atoms with E-state index in [0.29, 0.717) is 18.8 Å². The fourth-order valence-electron chi connectivity index (χ4n) is 3.52. The van der Waals surface area contributed by atoms with E-state index < -0.39 is 11.9 Å². The van der Waals surface area contributed by atoms with Crippen LogP contribution in [0.15, 0.2) is 33.4 Å². The predicted octanol–water partition coefficient (Wildman–Crippen LogP) is 2.62. The molecule has 10 heteroatoms. The lowest BCUT2D eigenvalue weighted by Gasteiger charge is -2.33. The van der Waals surface area contributed by atoms with Crippen LogP contribution in [0, 0.1) is 6.92 Å². The van der Waals surface area contributed by atoms with E-state index in [2.05, 4.69) is 20.1 Å². The Labute approximate surface area is 171 Å². The molecule has 9 nitrogen and oxygen atoms in total. The summed E-state index contributed by atoms with van der Waals surface area (Å²) < 4.78 is 14.5. The first-order chi connectivity index (χ1) is 14.0. The van der Waals surface area contributed by atoms with Crippen LogP contribution >= 0.6 is 11.5 Å². The molecule has 2 amide bonds. The van der Waals surface area contributed by atoms with E-state index in [4.69, 9.17) is 8.94 Å². The summed E-state index contributed by atoms with van der Waals surface area (Å²) >= 11 is 1.27. The average Bonchev–Trinajstić information content (AvgIpc) is 3.48. The first-order valence-electron chi connectivity index (χ1n) is 9.42. The summed E-state index contributed by atoms with van der Waals surface area (Å²) in [5.41, 5.74) is 1.62. The molecule has 4 rings (SSSR count). The normalized spacial score (nSPS) is 17.9. The van der Waals surface area contributed by atoms with E-state index in [0.717, 1.165) is 29.1 Å². The smallest absolute Gasteiger partial charge is 0.287 e. The van der Waals surface area contributed by atoms with Crippen LogP contribution in [0.5, 0.6) is 0 Å². The Kier molecular flexibility index (Phi) is 5.43. The monoisotopic (exact) mass is 415 g/mol. The maximum atomic E-state index is 12.9. The maximum Gasteiger partial charge on any atom is 0.287 e. The molecule has 3 aromatic rings. The molecule has 0 spiro atoms. The molecule has 1 aliphatic heterocycles. The van der Waals surface area contributed by atoms with Gasteiger partial charge in [0, 0.05) is 25.1 Å². The highest BCUT2D eigenvalue weighted by atomic mass is 32.1. The molecule has 2 atom stereocenters. The van der Waals surface area contributed by atoms with Gasteiger partial charge in [0.2, 0.25) is 5.91 Å². The number of hydrogen-bond donors (Lipinski definition) is 1. The first kappa shape index (κ1) is 19.3. The summed E-state index contributed by atoms with van der Waals surface area (Å²) in [7, 11) is 0. The lowest BCUT2D eigenvalue weighted by molar-refractivity contribution is -0.134. The van der Waals surface area contributed by atoms with Gasteiger partial charge in [-0.3, -0.25) is 9.59 Å². The lowest BCUT2D eigenvalue weighted by Crippen LogP contribution is -2.49. The van der Waals surface area contributed by atoms with Crippen LogP contribution in [0.1, 0.15) is 47.6 Å². The molecule has 0 unspecified atom stereocenters. The number of piperidine rings is 1. The Bertz CT molecular complexity index is 996. The Morgan fingerprint density at radius 1 is 1.41 bits per heavy atom. The van der Waals surface area contributed by atoms with Crippen molar-refractivity contribution in [1.82, 2.24) is 25.0 Å². The molecule has 1 fully saturated rings. The van der Waals surface area contributed by atoms with Crippen LogP contribution in [-0.4, -0.2) is 50.6 Å². The molecule has 4 heterocycles. The minimum absolute atomic E-state index is 0.0554. The van der Waals surface area contributed by atoms with Gasteiger partial charge in [-0.25, -0.2) is 0 Å². The van der Waals surface area contributed by atoms with Gasteiger partial charge in [-0.1, -0.05) is 9.64 Å². The van der Waals surface area contributed by atoms with Crippen molar-refractivity contribution in [3.63, 3.8) is 0 Å². The van der Waals surface area contributed by atoms with Gasteiger partial charge in [0.05, 0.1) is 17.7 Å². The number of nitrogens with zero attached hydrogens (tertiary/aromatic N) is 4. The number of rotatable bonds is 5. The zero-order valence-electron chi connectivity index (χ0n) is 16.1. The van der Waals surface area contributed by atoms with Crippen molar-refractivity contribution < 1.29 is 18.5 Å². The molecule has 29 heavy (non-hydrogen) atoms. The fourth-order valence-corrected chi connectivity index (χ4v) is 4.22. The minimum Gasteiger partial charge on any atom is -0.459 e. The largest absolute Gasteiger partial charge is 0.459 e. The van der Waals surface area contributed by atoms with Crippen molar-refractivity contribution in [3.05, 3.63) is 41.6 Å². The van der Waals surface area contributed by atoms with Crippen molar-refractivity contribution in [3.8, 4) is 10.6 Å². The van der Waals surface area contributed by atoms with Crippen molar-refractivity contribution in [2.24, 2.45) is 0 Å². The second-order valence-corrected chi connectivity index (χ2v) is 7.87. The number of carbonyl (C=O) groups excluding carboxylic acids is 2. The maximum absolute atomic E-state index is 12.9. The van der Waals surface area contributed by atoms with Gasteiger partial charge in [0.25, 0.3) is 5.91 Å². The summed E-state index contributed by atoms with van der Waals surface area (Å²) in [6.07, 6.45) is 3.18. The van der Waals surface area contributed by atoms with Crippen molar-refractivity contribution in [2.75, 3.05) is 13.1 Å². The van der Waals surface area contributed by atoms with Gasteiger partial charge < -0.3 is 19.2 Å². The van der Waals surface area contributed by atoms with Crippen LogP contribution in [0.4, 0.5) is 0 Å². The third-order valence-corrected chi connectivity index (χ3v) is 5.70. The molecule has 0 radical (unpaired) electrons. The summed E-state index contributed by atoms with van der Waals surface area (Å²) in [4.78, 5) is 27.7. The third kappa shape index (κ3) is 4.07. The van der Waals surface area contributed by atoms with Gasteiger partial charge in [-0.05, 0) is 50.4 Å². The highest BCUT2D eigenvalue weighted by Crippen LogP contribution is 2.35. The molecule has 1 aliphatic rings. The van der Waals surface area contributed by atoms with E-state index in [1.54, 1.807) is 24.0 Å². The van der Waals surface area contributed by atoms with Gasteiger partial charge in [0.1, 0.15) is 10.9 Å². The van der Waals surface area contributed by atoms with E-state index in [1.165, 1.54) is 17.8 Å². The highest BCUT2D eigenvalue weighted by Gasteiger charge is 2.32. The number of amides is 2. The van der Waals surface area contributed by atoms with Crippen LogP contribution < -0.4 is 5.32 Å².